The Bertz CT molecular complexity index is 630. The van der Waals surface area contributed by atoms with E-state index in [1.165, 1.54) is 0 Å². The number of carbonyl (C=O) groups excluding carboxylic acids is 1. The third-order valence-corrected chi connectivity index (χ3v) is 3.64. The maximum Gasteiger partial charge on any atom is 0.219 e. The Morgan fingerprint density at radius 3 is 2.81 bits per heavy atom. The number of halogens is 1. The number of nitrogens with one attached hydrogen (secondary N) is 1. The van der Waals surface area contributed by atoms with Crippen molar-refractivity contribution in [2.45, 2.75) is 20.0 Å². The number of carbonyl (C=O) groups is 1. The Morgan fingerprint density at radius 2 is 2.10 bits per heavy atom. The standard InChI is InChI=1S/C16H18BrN3O/c1-12(21)20(2)11-14-5-3-4-6-16(14)19-9-13-7-15(17)10-18-8-13/h3-8,10,19H,9,11H2,1-2H3. The van der Waals surface area contributed by atoms with Gasteiger partial charge in [0.15, 0.2) is 0 Å². The minimum absolute atomic E-state index is 0.0565. The van der Waals surface area contributed by atoms with Crippen LogP contribution in [0.1, 0.15) is 18.1 Å². The van der Waals surface area contributed by atoms with Gasteiger partial charge in [0.2, 0.25) is 5.91 Å². The Balaban J connectivity index is 2.08. The molecule has 0 spiro atoms. The molecular weight excluding hydrogens is 330 g/mol. The van der Waals surface area contributed by atoms with Crippen molar-refractivity contribution in [2.24, 2.45) is 0 Å². The first kappa shape index (κ1) is 15.5. The lowest BCUT2D eigenvalue weighted by Gasteiger charge is -2.18. The lowest BCUT2D eigenvalue weighted by molar-refractivity contribution is -0.128. The van der Waals surface area contributed by atoms with Gasteiger partial charge in [-0.2, -0.15) is 0 Å². The second-order valence-corrected chi connectivity index (χ2v) is 5.81. The molecule has 0 aliphatic heterocycles. The summed E-state index contributed by atoms with van der Waals surface area (Å²) in [6.45, 7) is 2.85. The van der Waals surface area contributed by atoms with E-state index in [0.29, 0.717) is 13.1 Å². The Kier molecular flexibility index (Phi) is 5.33. The van der Waals surface area contributed by atoms with Crippen LogP contribution in [0.5, 0.6) is 0 Å². The summed E-state index contributed by atoms with van der Waals surface area (Å²) in [7, 11) is 1.80. The van der Waals surface area contributed by atoms with E-state index in [1.807, 2.05) is 36.5 Å². The number of benzene rings is 1. The first-order chi connectivity index (χ1) is 10.1. The van der Waals surface area contributed by atoms with E-state index in [-0.39, 0.29) is 5.91 Å². The van der Waals surface area contributed by atoms with Crippen molar-refractivity contribution < 1.29 is 4.79 Å². The van der Waals surface area contributed by atoms with E-state index in [4.69, 9.17) is 0 Å². The van der Waals surface area contributed by atoms with Crippen molar-refractivity contribution in [1.29, 1.82) is 0 Å². The van der Waals surface area contributed by atoms with Gasteiger partial charge in [-0.1, -0.05) is 18.2 Å². The monoisotopic (exact) mass is 347 g/mol. The van der Waals surface area contributed by atoms with Crippen molar-refractivity contribution >= 4 is 27.5 Å². The summed E-state index contributed by atoms with van der Waals surface area (Å²) in [5.41, 5.74) is 3.22. The minimum Gasteiger partial charge on any atom is -0.381 e. The van der Waals surface area contributed by atoms with Crippen LogP contribution >= 0.6 is 15.9 Å². The molecule has 1 amide bonds. The van der Waals surface area contributed by atoms with Gasteiger partial charge in [0.05, 0.1) is 0 Å². The van der Waals surface area contributed by atoms with Crippen molar-refractivity contribution in [3.63, 3.8) is 0 Å². The van der Waals surface area contributed by atoms with E-state index >= 15 is 0 Å². The molecule has 0 aliphatic carbocycles. The van der Waals surface area contributed by atoms with Crippen molar-refractivity contribution in [3.8, 4) is 0 Å². The second kappa shape index (κ2) is 7.22. The zero-order valence-corrected chi connectivity index (χ0v) is 13.7. The van der Waals surface area contributed by atoms with Gasteiger partial charge in [-0.3, -0.25) is 9.78 Å². The lowest BCUT2D eigenvalue weighted by Crippen LogP contribution is -2.23. The van der Waals surface area contributed by atoms with E-state index in [1.54, 1.807) is 25.1 Å². The predicted octanol–water partition coefficient (Wildman–Crippen LogP) is 3.43. The van der Waals surface area contributed by atoms with Gasteiger partial charge in [0.25, 0.3) is 0 Å². The van der Waals surface area contributed by atoms with Crippen LogP contribution in [0.15, 0.2) is 47.2 Å². The van der Waals surface area contributed by atoms with Crippen LogP contribution in [-0.4, -0.2) is 22.8 Å². The number of nitrogens with zero attached hydrogens (tertiary/aromatic N) is 2. The minimum atomic E-state index is 0.0565. The Labute approximate surface area is 133 Å². The summed E-state index contributed by atoms with van der Waals surface area (Å²) >= 11 is 3.42. The summed E-state index contributed by atoms with van der Waals surface area (Å²) in [5.74, 6) is 0.0565. The largest absolute Gasteiger partial charge is 0.381 e. The summed E-state index contributed by atoms with van der Waals surface area (Å²) in [6, 6.07) is 10.0. The highest BCUT2D eigenvalue weighted by atomic mass is 79.9. The number of para-hydroxylation sites is 1. The molecular formula is C16H18BrN3O. The number of pyridine rings is 1. The Morgan fingerprint density at radius 1 is 1.33 bits per heavy atom. The maximum atomic E-state index is 11.4. The first-order valence-electron chi connectivity index (χ1n) is 6.69. The fourth-order valence-electron chi connectivity index (χ4n) is 1.95. The van der Waals surface area contributed by atoms with Gasteiger partial charge in [-0.25, -0.2) is 0 Å². The number of amides is 1. The van der Waals surface area contributed by atoms with Gasteiger partial charge < -0.3 is 10.2 Å². The van der Waals surface area contributed by atoms with E-state index in [0.717, 1.165) is 21.3 Å². The highest BCUT2D eigenvalue weighted by Gasteiger charge is 2.07. The number of rotatable bonds is 5. The second-order valence-electron chi connectivity index (χ2n) is 4.90. The van der Waals surface area contributed by atoms with Gasteiger partial charge in [0.1, 0.15) is 0 Å². The zero-order chi connectivity index (χ0) is 15.2. The van der Waals surface area contributed by atoms with E-state index in [2.05, 4.69) is 26.2 Å². The normalized spacial score (nSPS) is 10.2. The summed E-state index contributed by atoms with van der Waals surface area (Å²) < 4.78 is 0.964. The highest BCUT2D eigenvalue weighted by Crippen LogP contribution is 2.18. The third-order valence-electron chi connectivity index (χ3n) is 3.21. The van der Waals surface area contributed by atoms with Crippen LogP contribution in [0.2, 0.25) is 0 Å². The molecule has 1 aromatic carbocycles. The number of anilines is 1. The quantitative estimate of drug-likeness (QED) is 0.900. The molecule has 1 aromatic heterocycles. The SMILES string of the molecule is CC(=O)N(C)Cc1ccccc1NCc1cncc(Br)c1. The fourth-order valence-corrected chi connectivity index (χ4v) is 2.36. The Hall–Kier alpha value is -1.88. The van der Waals surface area contributed by atoms with Gasteiger partial charge in [0, 0.05) is 49.6 Å². The third kappa shape index (κ3) is 4.56. The average molecular weight is 348 g/mol. The molecule has 0 saturated heterocycles. The molecule has 0 unspecified atom stereocenters. The van der Waals surface area contributed by atoms with Gasteiger partial charge in [-0.15, -0.1) is 0 Å². The van der Waals surface area contributed by atoms with Crippen LogP contribution in [0, 0.1) is 0 Å². The molecule has 1 N–H and O–H groups in total. The van der Waals surface area contributed by atoms with E-state index in [9.17, 15) is 4.79 Å². The van der Waals surface area contributed by atoms with Crippen molar-refractivity contribution in [3.05, 3.63) is 58.3 Å². The van der Waals surface area contributed by atoms with Crippen LogP contribution in [0.3, 0.4) is 0 Å². The van der Waals surface area contributed by atoms with E-state index < -0.39 is 0 Å². The molecule has 0 bridgehead atoms. The molecule has 0 radical (unpaired) electrons. The molecule has 5 heteroatoms. The van der Waals surface area contributed by atoms with Crippen molar-refractivity contribution in [2.75, 3.05) is 12.4 Å². The molecule has 1 heterocycles. The molecule has 2 aromatic rings. The van der Waals surface area contributed by atoms with Crippen LogP contribution in [-0.2, 0) is 17.9 Å². The number of hydrogen-bond donors (Lipinski definition) is 1. The van der Waals surface area contributed by atoms with Crippen molar-refractivity contribution in [1.82, 2.24) is 9.88 Å². The first-order valence-corrected chi connectivity index (χ1v) is 7.48. The molecule has 0 saturated carbocycles. The molecule has 0 fully saturated rings. The summed E-state index contributed by atoms with van der Waals surface area (Å²) in [5, 5.41) is 3.40. The van der Waals surface area contributed by atoms with Crippen LogP contribution in [0.4, 0.5) is 5.69 Å². The van der Waals surface area contributed by atoms with Crippen LogP contribution in [0.25, 0.3) is 0 Å². The van der Waals surface area contributed by atoms with Gasteiger partial charge >= 0.3 is 0 Å². The molecule has 4 nitrogen and oxygen atoms in total. The molecule has 21 heavy (non-hydrogen) atoms. The molecule has 0 aliphatic rings. The smallest absolute Gasteiger partial charge is 0.219 e. The topological polar surface area (TPSA) is 45.2 Å². The predicted molar refractivity (Wildman–Crippen MR) is 87.9 cm³/mol. The average Bonchev–Trinajstić information content (AvgIpc) is 2.46. The van der Waals surface area contributed by atoms with Crippen LogP contribution < -0.4 is 5.32 Å². The fraction of sp³-hybridized carbons (Fsp3) is 0.250. The maximum absolute atomic E-state index is 11.4. The number of aromatic nitrogens is 1. The number of hydrogen-bond acceptors (Lipinski definition) is 3. The summed E-state index contributed by atoms with van der Waals surface area (Å²) in [6.07, 6.45) is 3.60. The highest BCUT2D eigenvalue weighted by molar-refractivity contribution is 9.10. The lowest BCUT2D eigenvalue weighted by atomic mass is 10.1. The molecule has 0 atom stereocenters. The summed E-state index contributed by atoms with van der Waals surface area (Å²) in [4.78, 5) is 17.2. The zero-order valence-electron chi connectivity index (χ0n) is 12.1. The molecule has 2 rings (SSSR count). The van der Waals surface area contributed by atoms with Gasteiger partial charge in [-0.05, 0) is 39.2 Å². The molecule has 110 valence electrons.